The maximum absolute atomic E-state index is 3.41. The van der Waals surface area contributed by atoms with E-state index in [-0.39, 0.29) is 0 Å². The lowest BCUT2D eigenvalue weighted by molar-refractivity contribution is 0.230. The third-order valence-corrected chi connectivity index (χ3v) is 3.71. The molecule has 1 unspecified atom stereocenters. The second kappa shape index (κ2) is 5.65. The normalized spacial score (nSPS) is 19.2. The van der Waals surface area contributed by atoms with Gasteiger partial charge >= 0.3 is 0 Å². The van der Waals surface area contributed by atoms with Gasteiger partial charge in [0, 0.05) is 32.7 Å². The molecule has 1 aromatic rings. The van der Waals surface area contributed by atoms with Gasteiger partial charge in [0.2, 0.25) is 0 Å². The van der Waals surface area contributed by atoms with Crippen molar-refractivity contribution in [2.75, 3.05) is 32.7 Å². The van der Waals surface area contributed by atoms with Gasteiger partial charge in [-0.2, -0.15) is 0 Å². The molecule has 0 aromatic heterocycles. The Morgan fingerprint density at radius 3 is 2.65 bits per heavy atom. The Hall–Kier alpha value is -0.860. The van der Waals surface area contributed by atoms with Crippen LogP contribution in [-0.2, 0) is 0 Å². The minimum Gasteiger partial charge on any atom is -0.314 e. The van der Waals surface area contributed by atoms with E-state index in [4.69, 9.17) is 0 Å². The lowest BCUT2D eigenvalue weighted by Crippen LogP contribution is -2.44. The number of benzene rings is 1. The highest BCUT2D eigenvalue weighted by Gasteiger charge is 2.15. The summed E-state index contributed by atoms with van der Waals surface area (Å²) in [7, 11) is 0. The molecule has 0 spiro atoms. The first-order valence-electron chi connectivity index (χ1n) is 6.67. The van der Waals surface area contributed by atoms with Gasteiger partial charge in [0.1, 0.15) is 0 Å². The Morgan fingerprint density at radius 2 is 1.94 bits per heavy atom. The molecule has 0 aliphatic carbocycles. The molecular weight excluding hydrogens is 208 g/mol. The number of aryl methyl sites for hydroxylation is 2. The highest BCUT2D eigenvalue weighted by Crippen LogP contribution is 2.22. The molecule has 2 rings (SSSR count). The first-order chi connectivity index (χ1) is 8.16. The predicted octanol–water partition coefficient (Wildman–Crippen LogP) is 2.31. The second-order valence-electron chi connectivity index (χ2n) is 5.31. The molecule has 1 aliphatic heterocycles. The van der Waals surface area contributed by atoms with Gasteiger partial charge in [-0.1, -0.05) is 30.7 Å². The lowest BCUT2D eigenvalue weighted by Gasteiger charge is -2.30. The van der Waals surface area contributed by atoms with E-state index >= 15 is 0 Å². The van der Waals surface area contributed by atoms with E-state index in [1.807, 2.05) is 0 Å². The molecule has 1 aliphatic rings. The monoisotopic (exact) mass is 232 g/mol. The van der Waals surface area contributed by atoms with Crippen molar-refractivity contribution in [2.45, 2.75) is 26.7 Å². The average Bonchev–Trinajstić information content (AvgIpc) is 2.33. The van der Waals surface area contributed by atoms with Crippen LogP contribution in [0.1, 0.15) is 29.5 Å². The maximum atomic E-state index is 3.41. The van der Waals surface area contributed by atoms with Gasteiger partial charge in [0.15, 0.2) is 0 Å². The third kappa shape index (κ3) is 3.30. The first-order valence-corrected chi connectivity index (χ1v) is 6.67. The molecule has 94 valence electrons. The minimum absolute atomic E-state index is 0.632. The zero-order chi connectivity index (χ0) is 12.3. The van der Waals surface area contributed by atoms with Crippen LogP contribution >= 0.6 is 0 Å². The number of nitrogens with one attached hydrogen (secondary N) is 1. The zero-order valence-electron chi connectivity index (χ0n) is 11.3. The van der Waals surface area contributed by atoms with Crippen molar-refractivity contribution in [3.63, 3.8) is 0 Å². The number of rotatable bonds is 3. The molecule has 1 heterocycles. The van der Waals surface area contributed by atoms with Crippen LogP contribution < -0.4 is 5.32 Å². The molecule has 17 heavy (non-hydrogen) atoms. The summed E-state index contributed by atoms with van der Waals surface area (Å²) in [6.45, 7) is 12.6. The predicted molar refractivity (Wildman–Crippen MR) is 73.6 cm³/mol. The quantitative estimate of drug-likeness (QED) is 0.860. The summed E-state index contributed by atoms with van der Waals surface area (Å²) < 4.78 is 0. The van der Waals surface area contributed by atoms with Crippen LogP contribution in [0.2, 0.25) is 0 Å². The molecule has 2 nitrogen and oxygen atoms in total. The fraction of sp³-hybridized carbons (Fsp3) is 0.600. The fourth-order valence-electron chi connectivity index (χ4n) is 2.67. The van der Waals surface area contributed by atoms with E-state index in [1.54, 1.807) is 0 Å². The topological polar surface area (TPSA) is 15.3 Å². The van der Waals surface area contributed by atoms with Crippen LogP contribution in [0.4, 0.5) is 0 Å². The molecule has 0 bridgehead atoms. The van der Waals surface area contributed by atoms with Crippen molar-refractivity contribution >= 4 is 0 Å². The van der Waals surface area contributed by atoms with E-state index < -0.39 is 0 Å². The summed E-state index contributed by atoms with van der Waals surface area (Å²) >= 11 is 0. The zero-order valence-corrected chi connectivity index (χ0v) is 11.3. The lowest BCUT2D eigenvalue weighted by atomic mass is 9.94. The number of hydrogen-bond acceptors (Lipinski definition) is 2. The highest BCUT2D eigenvalue weighted by molar-refractivity contribution is 5.33. The van der Waals surface area contributed by atoms with Gasteiger partial charge in [-0.3, -0.25) is 0 Å². The van der Waals surface area contributed by atoms with Crippen LogP contribution in [0.3, 0.4) is 0 Å². The summed E-state index contributed by atoms with van der Waals surface area (Å²) in [5, 5.41) is 3.41. The Kier molecular flexibility index (Phi) is 4.19. The molecule has 0 radical (unpaired) electrons. The van der Waals surface area contributed by atoms with E-state index in [2.05, 4.69) is 49.2 Å². The van der Waals surface area contributed by atoms with Crippen LogP contribution in [-0.4, -0.2) is 37.6 Å². The molecule has 1 saturated heterocycles. The molecule has 0 saturated carbocycles. The summed E-state index contributed by atoms with van der Waals surface area (Å²) in [5.74, 6) is 0.632. The molecule has 1 fully saturated rings. The van der Waals surface area contributed by atoms with Gasteiger partial charge in [-0.05, 0) is 30.9 Å². The van der Waals surface area contributed by atoms with Crippen LogP contribution in [0, 0.1) is 13.8 Å². The third-order valence-electron chi connectivity index (χ3n) is 3.71. The highest BCUT2D eigenvalue weighted by atomic mass is 15.2. The Morgan fingerprint density at radius 1 is 1.24 bits per heavy atom. The van der Waals surface area contributed by atoms with Crippen LogP contribution in [0.15, 0.2) is 18.2 Å². The summed E-state index contributed by atoms with van der Waals surface area (Å²) in [6.07, 6.45) is 0. The number of hydrogen-bond donors (Lipinski definition) is 1. The molecular formula is C15H24N2. The largest absolute Gasteiger partial charge is 0.314 e. The summed E-state index contributed by atoms with van der Waals surface area (Å²) in [6, 6.07) is 6.80. The van der Waals surface area contributed by atoms with E-state index in [0.29, 0.717) is 5.92 Å². The van der Waals surface area contributed by atoms with E-state index in [9.17, 15) is 0 Å². The molecule has 1 aromatic carbocycles. The van der Waals surface area contributed by atoms with E-state index in [1.165, 1.54) is 36.3 Å². The standard InChI is InChI=1S/C15H24N2/c1-12-4-5-13(2)15(10-12)14(3)11-17-8-6-16-7-9-17/h4-5,10,14,16H,6-9,11H2,1-3H3. The maximum Gasteiger partial charge on any atom is 0.0108 e. The van der Waals surface area contributed by atoms with Crippen molar-refractivity contribution in [1.29, 1.82) is 0 Å². The molecule has 1 atom stereocenters. The van der Waals surface area contributed by atoms with Crippen molar-refractivity contribution in [1.82, 2.24) is 10.2 Å². The smallest absolute Gasteiger partial charge is 0.0108 e. The Labute approximate surface area is 105 Å². The second-order valence-corrected chi connectivity index (χ2v) is 5.31. The van der Waals surface area contributed by atoms with Crippen molar-refractivity contribution in [2.24, 2.45) is 0 Å². The van der Waals surface area contributed by atoms with Crippen LogP contribution in [0.5, 0.6) is 0 Å². The molecule has 2 heteroatoms. The SMILES string of the molecule is Cc1ccc(C)c(C(C)CN2CCNCC2)c1. The number of nitrogens with zero attached hydrogens (tertiary/aromatic N) is 1. The minimum atomic E-state index is 0.632. The molecule has 0 amide bonds. The van der Waals surface area contributed by atoms with Crippen molar-refractivity contribution in [3.05, 3.63) is 34.9 Å². The number of piperazine rings is 1. The van der Waals surface area contributed by atoms with Crippen LogP contribution in [0.25, 0.3) is 0 Å². The van der Waals surface area contributed by atoms with Gasteiger partial charge < -0.3 is 10.2 Å². The van der Waals surface area contributed by atoms with Crippen molar-refractivity contribution in [3.8, 4) is 0 Å². The molecule has 1 N–H and O–H groups in total. The van der Waals surface area contributed by atoms with Gasteiger partial charge in [-0.15, -0.1) is 0 Å². The first kappa shape index (κ1) is 12.6. The van der Waals surface area contributed by atoms with Gasteiger partial charge in [0.25, 0.3) is 0 Å². The van der Waals surface area contributed by atoms with Gasteiger partial charge in [-0.25, -0.2) is 0 Å². The summed E-state index contributed by atoms with van der Waals surface area (Å²) in [4.78, 5) is 2.57. The summed E-state index contributed by atoms with van der Waals surface area (Å²) in [5.41, 5.74) is 4.32. The average molecular weight is 232 g/mol. The van der Waals surface area contributed by atoms with Crippen molar-refractivity contribution < 1.29 is 0 Å². The Bertz CT molecular complexity index is 367. The van der Waals surface area contributed by atoms with Gasteiger partial charge in [0.05, 0.1) is 0 Å². The van der Waals surface area contributed by atoms with E-state index in [0.717, 1.165) is 13.1 Å². The fourth-order valence-corrected chi connectivity index (χ4v) is 2.67. The Balaban J connectivity index is 2.02.